The number of benzene rings is 3. The van der Waals surface area contributed by atoms with Gasteiger partial charge in [0, 0.05) is 43.5 Å². The van der Waals surface area contributed by atoms with Crippen LogP contribution >= 0.6 is 0 Å². The summed E-state index contributed by atoms with van der Waals surface area (Å²) in [5.74, 6) is 0.712. The van der Waals surface area contributed by atoms with Crippen molar-refractivity contribution in [3.8, 4) is 11.5 Å². The average molecular weight is 537 g/mol. The molecular formula is C28H32N4O5S. The van der Waals surface area contributed by atoms with Crippen molar-refractivity contribution in [2.75, 3.05) is 49.7 Å². The Balaban J connectivity index is 1.44. The van der Waals surface area contributed by atoms with Crippen LogP contribution in [0.25, 0.3) is 0 Å². The molecule has 3 aromatic rings. The molecule has 9 nitrogen and oxygen atoms in total. The van der Waals surface area contributed by atoms with Gasteiger partial charge in [0.1, 0.15) is 4.90 Å². The van der Waals surface area contributed by atoms with Crippen molar-refractivity contribution in [1.29, 1.82) is 0 Å². The van der Waals surface area contributed by atoms with E-state index in [2.05, 4.69) is 26.8 Å². The molecule has 1 atom stereocenters. The van der Waals surface area contributed by atoms with Gasteiger partial charge >= 0.3 is 0 Å². The highest BCUT2D eigenvalue weighted by atomic mass is 32.2. The maximum atomic E-state index is 13.7. The number of piperazine rings is 1. The number of hydrogen-bond acceptors (Lipinski definition) is 7. The fraction of sp³-hybridized carbons (Fsp3) is 0.321. The molecule has 0 aliphatic carbocycles. The number of amides is 1. The summed E-state index contributed by atoms with van der Waals surface area (Å²) in [4.78, 5) is 17.6. The molecule has 1 fully saturated rings. The lowest BCUT2D eigenvalue weighted by Gasteiger charge is -2.36. The number of nitrogens with zero attached hydrogens (tertiary/aromatic N) is 2. The van der Waals surface area contributed by atoms with Crippen LogP contribution in [0.15, 0.2) is 71.6 Å². The van der Waals surface area contributed by atoms with Crippen LogP contribution in [0.5, 0.6) is 11.5 Å². The summed E-state index contributed by atoms with van der Waals surface area (Å²) >= 11 is 0. The van der Waals surface area contributed by atoms with Crippen LogP contribution < -0.4 is 24.4 Å². The molecule has 1 unspecified atom stereocenters. The number of anilines is 2. The highest BCUT2D eigenvalue weighted by molar-refractivity contribution is 7.89. The molecular weight excluding hydrogens is 504 g/mol. The number of carbonyl (C=O) groups is 1. The van der Waals surface area contributed by atoms with E-state index in [9.17, 15) is 13.2 Å². The second kappa shape index (κ2) is 11.0. The average Bonchev–Trinajstić information content (AvgIpc) is 3.41. The van der Waals surface area contributed by atoms with Crippen molar-refractivity contribution in [2.45, 2.75) is 24.8 Å². The van der Waals surface area contributed by atoms with E-state index in [1.807, 2.05) is 37.3 Å². The molecule has 2 aliphatic heterocycles. The first-order valence-corrected chi connectivity index (χ1v) is 14.2. The van der Waals surface area contributed by atoms with E-state index in [4.69, 9.17) is 9.47 Å². The molecule has 2 N–H and O–H groups in total. The first-order valence-electron chi connectivity index (χ1n) is 12.7. The molecule has 0 spiro atoms. The number of nitrogens with one attached hydrogen (secondary N) is 2. The summed E-state index contributed by atoms with van der Waals surface area (Å²) in [5, 5.41) is 2.84. The molecule has 2 heterocycles. The van der Waals surface area contributed by atoms with Gasteiger partial charge in [0.2, 0.25) is 16.8 Å². The van der Waals surface area contributed by atoms with Gasteiger partial charge in [-0.05, 0) is 55.4 Å². The summed E-state index contributed by atoms with van der Waals surface area (Å²) in [5.41, 5.74) is 2.25. The third-order valence-electron chi connectivity index (χ3n) is 6.93. The Hall–Kier alpha value is -3.60. The van der Waals surface area contributed by atoms with Gasteiger partial charge in [0.05, 0.1) is 5.69 Å². The lowest BCUT2D eigenvalue weighted by molar-refractivity contribution is 0.102. The van der Waals surface area contributed by atoms with Crippen LogP contribution in [0.4, 0.5) is 11.4 Å². The van der Waals surface area contributed by atoms with Gasteiger partial charge in [-0.25, -0.2) is 13.1 Å². The third kappa shape index (κ3) is 5.62. The van der Waals surface area contributed by atoms with Crippen LogP contribution in [0, 0.1) is 0 Å². The Morgan fingerprint density at radius 1 is 0.947 bits per heavy atom. The summed E-state index contributed by atoms with van der Waals surface area (Å²) in [6.45, 7) is 8.15. The molecule has 5 rings (SSSR count). The Bertz CT molecular complexity index is 1410. The number of sulfonamides is 1. The molecule has 0 saturated carbocycles. The van der Waals surface area contributed by atoms with Crippen molar-refractivity contribution in [2.24, 2.45) is 0 Å². The zero-order valence-corrected chi connectivity index (χ0v) is 22.3. The van der Waals surface area contributed by atoms with Gasteiger partial charge < -0.3 is 24.6 Å². The van der Waals surface area contributed by atoms with Gasteiger partial charge in [-0.1, -0.05) is 37.3 Å². The van der Waals surface area contributed by atoms with E-state index >= 15 is 0 Å². The molecule has 200 valence electrons. The standard InChI is InChI=1S/C28H32N4O5S/c1-3-31-13-15-32(16-14-31)24-11-10-23(29-28(33)22-9-12-25-26(17-22)37-19-36-25)18-27(24)38(34,35)30-20(2)21-7-5-4-6-8-21/h4-12,17-18,20,30H,3,13-16,19H2,1-2H3,(H,29,33). The Kier molecular flexibility index (Phi) is 7.55. The van der Waals surface area contributed by atoms with E-state index < -0.39 is 16.1 Å². The fourth-order valence-corrected chi connectivity index (χ4v) is 6.20. The summed E-state index contributed by atoms with van der Waals surface area (Å²) in [6, 6.07) is 19.0. The molecule has 0 radical (unpaired) electrons. The maximum Gasteiger partial charge on any atom is 0.255 e. The maximum absolute atomic E-state index is 13.7. The molecule has 1 saturated heterocycles. The monoisotopic (exact) mass is 536 g/mol. The predicted octanol–water partition coefficient (Wildman–Crippen LogP) is 3.85. The first kappa shape index (κ1) is 26.0. The van der Waals surface area contributed by atoms with Gasteiger partial charge in [-0.3, -0.25) is 4.79 Å². The van der Waals surface area contributed by atoms with E-state index in [0.717, 1.165) is 25.2 Å². The van der Waals surface area contributed by atoms with E-state index in [1.54, 1.807) is 30.3 Å². The molecule has 0 bridgehead atoms. The minimum atomic E-state index is -3.93. The molecule has 0 aromatic heterocycles. The lowest BCUT2D eigenvalue weighted by Crippen LogP contribution is -2.46. The van der Waals surface area contributed by atoms with Crippen LogP contribution in [0.1, 0.15) is 35.8 Å². The Morgan fingerprint density at radius 2 is 1.68 bits per heavy atom. The number of hydrogen-bond donors (Lipinski definition) is 2. The van der Waals surface area contributed by atoms with E-state index in [1.165, 1.54) is 6.07 Å². The molecule has 2 aliphatic rings. The minimum absolute atomic E-state index is 0.115. The van der Waals surface area contributed by atoms with Crippen LogP contribution in [-0.4, -0.2) is 58.7 Å². The van der Waals surface area contributed by atoms with Crippen molar-refractivity contribution >= 4 is 27.3 Å². The SMILES string of the molecule is CCN1CCN(c2ccc(NC(=O)c3ccc4c(c3)OCO4)cc2S(=O)(=O)NC(C)c2ccccc2)CC1. The third-order valence-corrected chi connectivity index (χ3v) is 8.50. The Labute approximate surface area is 223 Å². The smallest absolute Gasteiger partial charge is 0.255 e. The first-order chi connectivity index (χ1) is 18.3. The van der Waals surface area contributed by atoms with Crippen molar-refractivity contribution in [1.82, 2.24) is 9.62 Å². The quantitative estimate of drug-likeness (QED) is 0.451. The lowest BCUT2D eigenvalue weighted by atomic mass is 10.1. The van der Waals surface area contributed by atoms with Crippen LogP contribution in [0.3, 0.4) is 0 Å². The second-order valence-corrected chi connectivity index (χ2v) is 11.1. The van der Waals surface area contributed by atoms with Gasteiger partial charge in [-0.15, -0.1) is 0 Å². The number of fused-ring (bicyclic) bond motifs is 1. The highest BCUT2D eigenvalue weighted by Gasteiger charge is 2.27. The number of rotatable bonds is 8. The summed E-state index contributed by atoms with van der Waals surface area (Å²) in [6.07, 6.45) is 0. The topological polar surface area (TPSA) is 100 Å². The normalized spacial score (nSPS) is 16.3. The minimum Gasteiger partial charge on any atom is -0.454 e. The van der Waals surface area contributed by atoms with Crippen molar-refractivity contribution in [3.05, 3.63) is 77.9 Å². The van der Waals surface area contributed by atoms with Gasteiger partial charge in [0.15, 0.2) is 11.5 Å². The fourth-order valence-electron chi connectivity index (χ4n) is 4.72. The van der Waals surface area contributed by atoms with E-state index in [0.29, 0.717) is 41.5 Å². The largest absolute Gasteiger partial charge is 0.454 e. The highest BCUT2D eigenvalue weighted by Crippen LogP contribution is 2.34. The van der Waals surface area contributed by atoms with Crippen LogP contribution in [-0.2, 0) is 10.0 Å². The van der Waals surface area contributed by atoms with Crippen molar-refractivity contribution in [3.63, 3.8) is 0 Å². The molecule has 3 aromatic carbocycles. The van der Waals surface area contributed by atoms with Gasteiger partial charge in [0.25, 0.3) is 5.91 Å². The number of ether oxygens (including phenoxy) is 2. The Morgan fingerprint density at radius 3 is 2.42 bits per heavy atom. The molecule has 10 heteroatoms. The molecule has 38 heavy (non-hydrogen) atoms. The number of carbonyl (C=O) groups excluding carboxylic acids is 1. The van der Waals surface area contributed by atoms with Crippen molar-refractivity contribution < 1.29 is 22.7 Å². The zero-order valence-electron chi connectivity index (χ0n) is 21.5. The van der Waals surface area contributed by atoms with Gasteiger partial charge in [-0.2, -0.15) is 0 Å². The number of likely N-dealkylation sites (N-methyl/N-ethyl adjacent to an activating group) is 1. The summed E-state index contributed by atoms with van der Waals surface area (Å²) < 4.78 is 41.0. The van der Waals surface area contributed by atoms with Crippen LogP contribution in [0.2, 0.25) is 0 Å². The van der Waals surface area contributed by atoms with E-state index in [-0.39, 0.29) is 17.6 Å². The predicted molar refractivity (Wildman–Crippen MR) is 146 cm³/mol. The molecule has 1 amide bonds. The summed E-state index contributed by atoms with van der Waals surface area (Å²) in [7, 11) is -3.93. The second-order valence-electron chi connectivity index (χ2n) is 9.38. The zero-order chi connectivity index (χ0) is 26.7.